The molecule has 1 aliphatic rings. The summed E-state index contributed by atoms with van der Waals surface area (Å²) in [6.45, 7) is 2.56. The van der Waals surface area contributed by atoms with Crippen molar-refractivity contribution in [1.82, 2.24) is 0 Å². The van der Waals surface area contributed by atoms with E-state index < -0.39 is 10.8 Å². The quantitative estimate of drug-likeness (QED) is 0.780. The first-order valence-electron chi connectivity index (χ1n) is 7.17. The molecule has 0 bridgehead atoms. The highest BCUT2D eigenvalue weighted by Gasteiger charge is 2.19. The van der Waals surface area contributed by atoms with E-state index in [-0.39, 0.29) is 0 Å². The van der Waals surface area contributed by atoms with Crippen molar-refractivity contribution in [2.45, 2.75) is 31.1 Å². The maximum atomic E-state index is 12.1. The van der Waals surface area contributed by atoms with E-state index in [4.69, 9.17) is 15.2 Å². The summed E-state index contributed by atoms with van der Waals surface area (Å²) in [5.41, 5.74) is 6.67. The molecule has 2 N–H and O–H groups in total. The van der Waals surface area contributed by atoms with Gasteiger partial charge >= 0.3 is 0 Å². The zero-order valence-corrected chi connectivity index (χ0v) is 12.6. The number of nitrogens with two attached hydrogens (primary N) is 1. The largest absolute Gasteiger partial charge is 0.493 e. The summed E-state index contributed by atoms with van der Waals surface area (Å²) in [7, 11) is -0.756. The number of rotatable bonds is 7. The first-order chi connectivity index (χ1) is 9.81. The molecule has 1 fully saturated rings. The lowest BCUT2D eigenvalue weighted by atomic mass is 10.2. The highest BCUT2D eigenvalue weighted by molar-refractivity contribution is 7.85. The Morgan fingerprint density at radius 1 is 1.30 bits per heavy atom. The molecule has 0 saturated carbocycles. The molecule has 1 aliphatic heterocycles. The maximum Gasteiger partial charge on any atom is 0.123 e. The number of hydrogen-bond donors (Lipinski definition) is 1. The standard InChI is InChI=1S/C15H23NO3S/c16-12-13-4-1-2-5-15(13)19-8-3-11-20(17)14-6-9-18-10-7-14/h1-2,4-5,14H,3,6-12,16H2. The number of para-hydroxylation sites is 1. The number of hydrogen-bond acceptors (Lipinski definition) is 4. The molecule has 1 aromatic rings. The van der Waals surface area contributed by atoms with Crippen molar-refractivity contribution in [3.8, 4) is 5.75 Å². The van der Waals surface area contributed by atoms with Crippen molar-refractivity contribution in [2.24, 2.45) is 5.73 Å². The van der Waals surface area contributed by atoms with Crippen molar-refractivity contribution in [2.75, 3.05) is 25.6 Å². The predicted octanol–water partition coefficient (Wildman–Crippen LogP) is 1.84. The summed E-state index contributed by atoms with van der Waals surface area (Å²) in [5, 5.41) is 0.306. The van der Waals surface area contributed by atoms with Crippen molar-refractivity contribution < 1.29 is 13.7 Å². The van der Waals surface area contributed by atoms with E-state index in [1.807, 2.05) is 24.3 Å². The smallest absolute Gasteiger partial charge is 0.123 e. The highest BCUT2D eigenvalue weighted by atomic mass is 32.2. The van der Waals surface area contributed by atoms with E-state index in [0.717, 1.165) is 43.8 Å². The van der Waals surface area contributed by atoms with Crippen LogP contribution in [-0.4, -0.2) is 35.0 Å². The van der Waals surface area contributed by atoms with Gasteiger partial charge in [-0.25, -0.2) is 0 Å². The highest BCUT2D eigenvalue weighted by Crippen LogP contribution is 2.18. The SMILES string of the molecule is NCc1ccccc1OCCCS(=O)C1CCOCC1. The lowest BCUT2D eigenvalue weighted by molar-refractivity contribution is 0.0992. The molecule has 20 heavy (non-hydrogen) atoms. The summed E-state index contributed by atoms with van der Waals surface area (Å²) in [6, 6.07) is 7.79. The van der Waals surface area contributed by atoms with Gasteiger partial charge in [0.15, 0.2) is 0 Å². The van der Waals surface area contributed by atoms with Gasteiger partial charge in [0.2, 0.25) is 0 Å². The molecule has 112 valence electrons. The van der Waals surface area contributed by atoms with E-state index in [1.54, 1.807) is 0 Å². The monoisotopic (exact) mass is 297 g/mol. The van der Waals surface area contributed by atoms with Crippen LogP contribution < -0.4 is 10.5 Å². The van der Waals surface area contributed by atoms with Gasteiger partial charge in [0, 0.05) is 47.1 Å². The van der Waals surface area contributed by atoms with Crippen LogP contribution in [0.2, 0.25) is 0 Å². The second kappa shape index (κ2) is 8.39. The lowest BCUT2D eigenvalue weighted by Crippen LogP contribution is -2.26. The molecule has 0 aliphatic carbocycles. The lowest BCUT2D eigenvalue weighted by Gasteiger charge is -2.21. The molecule has 1 atom stereocenters. The second-order valence-corrected chi connectivity index (χ2v) is 6.75. The number of ether oxygens (including phenoxy) is 2. The first kappa shape index (κ1) is 15.5. The van der Waals surface area contributed by atoms with Crippen LogP contribution >= 0.6 is 0 Å². The van der Waals surface area contributed by atoms with E-state index in [0.29, 0.717) is 24.2 Å². The zero-order chi connectivity index (χ0) is 14.2. The average Bonchev–Trinajstić information content (AvgIpc) is 2.52. The second-order valence-electron chi connectivity index (χ2n) is 4.91. The van der Waals surface area contributed by atoms with Crippen LogP contribution in [0.25, 0.3) is 0 Å². The van der Waals surface area contributed by atoms with Gasteiger partial charge < -0.3 is 15.2 Å². The van der Waals surface area contributed by atoms with Gasteiger partial charge in [0.1, 0.15) is 5.75 Å². The van der Waals surface area contributed by atoms with E-state index in [2.05, 4.69) is 0 Å². The molecule has 2 rings (SSSR count). The van der Waals surface area contributed by atoms with E-state index >= 15 is 0 Å². The fourth-order valence-electron chi connectivity index (χ4n) is 2.30. The van der Waals surface area contributed by atoms with E-state index in [1.165, 1.54) is 0 Å². The summed E-state index contributed by atoms with van der Waals surface area (Å²) >= 11 is 0. The molecule has 0 amide bonds. The third kappa shape index (κ3) is 4.58. The molecule has 5 heteroatoms. The van der Waals surface area contributed by atoms with Crippen molar-refractivity contribution >= 4 is 10.8 Å². The minimum atomic E-state index is -0.756. The van der Waals surface area contributed by atoms with Crippen LogP contribution in [-0.2, 0) is 22.1 Å². The summed E-state index contributed by atoms with van der Waals surface area (Å²) in [4.78, 5) is 0. The third-order valence-electron chi connectivity index (χ3n) is 3.48. The van der Waals surface area contributed by atoms with Crippen LogP contribution in [0.3, 0.4) is 0 Å². The van der Waals surface area contributed by atoms with Gasteiger partial charge in [0.25, 0.3) is 0 Å². The van der Waals surface area contributed by atoms with Crippen LogP contribution in [0.4, 0.5) is 0 Å². The minimum absolute atomic E-state index is 0.306. The fourth-order valence-corrected chi connectivity index (χ4v) is 3.76. The van der Waals surface area contributed by atoms with Crippen molar-refractivity contribution in [3.63, 3.8) is 0 Å². The Hall–Kier alpha value is -0.910. The van der Waals surface area contributed by atoms with Gasteiger partial charge in [0.05, 0.1) is 6.61 Å². The molecule has 1 unspecified atom stereocenters. The molecule has 0 radical (unpaired) electrons. The predicted molar refractivity (Wildman–Crippen MR) is 81.3 cm³/mol. The van der Waals surface area contributed by atoms with Gasteiger partial charge in [-0.15, -0.1) is 0 Å². The van der Waals surface area contributed by atoms with Crippen LogP contribution in [0.15, 0.2) is 24.3 Å². The Balaban J connectivity index is 1.69. The van der Waals surface area contributed by atoms with Crippen LogP contribution in [0.1, 0.15) is 24.8 Å². The maximum absolute atomic E-state index is 12.1. The topological polar surface area (TPSA) is 61.5 Å². The van der Waals surface area contributed by atoms with Gasteiger partial charge in [-0.1, -0.05) is 18.2 Å². The van der Waals surface area contributed by atoms with Gasteiger partial charge in [-0.3, -0.25) is 4.21 Å². The van der Waals surface area contributed by atoms with Gasteiger partial charge in [-0.2, -0.15) is 0 Å². The molecule has 1 heterocycles. The molecule has 0 aromatic heterocycles. The fraction of sp³-hybridized carbons (Fsp3) is 0.600. The minimum Gasteiger partial charge on any atom is -0.493 e. The Morgan fingerprint density at radius 3 is 2.80 bits per heavy atom. The third-order valence-corrected chi connectivity index (χ3v) is 5.39. The molecule has 1 saturated heterocycles. The van der Waals surface area contributed by atoms with Crippen molar-refractivity contribution in [3.05, 3.63) is 29.8 Å². The zero-order valence-electron chi connectivity index (χ0n) is 11.8. The molecule has 4 nitrogen and oxygen atoms in total. The Kier molecular flexibility index (Phi) is 6.50. The first-order valence-corrected chi connectivity index (χ1v) is 8.55. The average molecular weight is 297 g/mol. The molecular weight excluding hydrogens is 274 g/mol. The van der Waals surface area contributed by atoms with Crippen molar-refractivity contribution in [1.29, 1.82) is 0 Å². The van der Waals surface area contributed by atoms with E-state index in [9.17, 15) is 4.21 Å². The molecular formula is C15H23NO3S. The normalized spacial score (nSPS) is 17.9. The summed E-state index contributed by atoms with van der Waals surface area (Å²) in [6.07, 6.45) is 2.65. The Morgan fingerprint density at radius 2 is 2.05 bits per heavy atom. The number of benzene rings is 1. The van der Waals surface area contributed by atoms with Crippen LogP contribution in [0, 0.1) is 0 Å². The Bertz CT molecular complexity index is 433. The van der Waals surface area contributed by atoms with Gasteiger partial charge in [-0.05, 0) is 25.3 Å². The molecule has 1 aromatic carbocycles. The summed E-state index contributed by atoms with van der Waals surface area (Å²) < 4.78 is 23.1. The van der Waals surface area contributed by atoms with Crippen LogP contribution in [0.5, 0.6) is 5.75 Å². The summed E-state index contributed by atoms with van der Waals surface area (Å²) in [5.74, 6) is 1.54. The molecule has 0 spiro atoms. The Labute approximate surface area is 123 Å².